The number of hydrogen-bond acceptors (Lipinski definition) is 4. The molecule has 2 N–H and O–H groups in total. The summed E-state index contributed by atoms with van der Waals surface area (Å²) in [5, 5.41) is 11.2. The third kappa shape index (κ3) is 6.62. The van der Waals surface area contributed by atoms with Crippen molar-refractivity contribution in [2.75, 3.05) is 6.54 Å². The molecule has 0 aromatic heterocycles. The fraction of sp³-hybridized carbons (Fsp3) is 0.853. The van der Waals surface area contributed by atoms with Crippen molar-refractivity contribution < 1.29 is 24.2 Å². The summed E-state index contributed by atoms with van der Waals surface area (Å²) in [6, 6.07) is 0. The Kier molecular flexibility index (Phi) is 10.1. The number of allylic oxidation sites excluding steroid dienone is 1. The highest BCUT2D eigenvalue weighted by molar-refractivity contribution is 5.84. The van der Waals surface area contributed by atoms with Crippen LogP contribution in [0.5, 0.6) is 0 Å². The Hall–Kier alpha value is -1.85. The highest BCUT2D eigenvalue weighted by Crippen LogP contribution is 2.67. The SMILES string of the molecule is CCC(C)CCC[C@@H](C)[C@H]1CCC2C3CC=C4C[C@@H](OC(=O)CNC(=O)CCC(=O)O)CC[C@]4(C)C3CC[C@@]21C. The third-order valence-electron chi connectivity index (χ3n) is 12.2. The van der Waals surface area contributed by atoms with E-state index < -0.39 is 17.8 Å². The maximum atomic E-state index is 12.4. The van der Waals surface area contributed by atoms with Gasteiger partial charge in [-0.3, -0.25) is 14.4 Å². The summed E-state index contributed by atoms with van der Waals surface area (Å²) in [5.74, 6) is 3.01. The van der Waals surface area contributed by atoms with Gasteiger partial charge < -0.3 is 15.2 Å². The highest BCUT2D eigenvalue weighted by Gasteiger charge is 2.59. The molecule has 6 heteroatoms. The van der Waals surface area contributed by atoms with E-state index in [0.29, 0.717) is 5.41 Å². The number of carboxylic acid groups (broad SMARTS) is 1. The third-order valence-corrected chi connectivity index (χ3v) is 12.2. The molecule has 9 atom stereocenters. The van der Waals surface area contributed by atoms with Crippen molar-refractivity contribution in [1.82, 2.24) is 5.32 Å². The number of hydrogen-bond donors (Lipinski definition) is 2. The molecule has 0 heterocycles. The summed E-state index contributed by atoms with van der Waals surface area (Å²) in [5.41, 5.74) is 2.18. The minimum atomic E-state index is -1.02. The summed E-state index contributed by atoms with van der Waals surface area (Å²) in [6.07, 6.45) is 16.9. The molecular formula is C34H55NO5. The second kappa shape index (κ2) is 13.0. The van der Waals surface area contributed by atoms with Crippen LogP contribution < -0.4 is 5.32 Å². The summed E-state index contributed by atoms with van der Waals surface area (Å²) < 4.78 is 5.77. The molecule has 0 bridgehead atoms. The Labute approximate surface area is 242 Å². The Morgan fingerprint density at radius 1 is 1.05 bits per heavy atom. The molecule has 4 unspecified atom stereocenters. The van der Waals surface area contributed by atoms with Crippen LogP contribution in [-0.2, 0) is 19.1 Å². The van der Waals surface area contributed by atoms with Crippen LogP contribution in [0.4, 0.5) is 0 Å². The predicted molar refractivity (Wildman–Crippen MR) is 157 cm³/mol. The maximum absolute atomic E-state index is 12.4. The minimum Gasteiger partial charge on any atom is -0.481 e. The lowest BCUT2D eigenvalue weighted by atomic mass is 9.47. The number of fused-ring (bicyclic) bond motifs is 5. The van der Waals surface area contributed by atoms with Crippen LogP contribution in [0.15, 0.2) is 11.6 Å². The summed E-state index contributed by atoms with van der Waals surface area (Å²) in [6.45, 7) is 12.2. The molecule has 0 radical (unpaired) electrons. The van der Waals surface area contributed by atoms with Crippen molar-refractivity contribution in [3.05, 3.63) is 11.6 Å². The van der Waals surface area contributed by atoms with Crippen LogP contribution in [0.2, 0.25) is 0 Å². The van der Waals surface area contributed by atoms with Gasteiger partial charge in [0.1, 0.15) is 12.6 Å². The number of rotatable bonds is 12. The zero-order valence-electron chi connectivity index (χ0n) is 25.8. The zero-order valence-corrected chi connectivity index (χ0v) is 25.8. The molecule has 3 fully saturated rings. The van der Waals surface area contributed by atoms with E-state index in [1.165, 1.54) is 63.4 Å². The largest absolute Gasteiger partial charge is 0.481 e. The molecule has 1 amide bonds. The monoisotopic (exact) mass is 557 g/mol. The lowest BCUT2D eigenvalue weighted by Crippen LogP contribution is -2.51. The predicted octanol–water partition coefficient (Wildman–Crippen LogP) is 7.31. The lowest BCUT2D eigenvalue weighted by Gasteiger charge is -2.58. The molecule has 4 rings (SSSR count). The molecule has 0 aliphatic heterocycles. The average Bonchev–Trinajstić information content (AvgIpc) is 3.28. The van der Waals surface area contributed by atoms with Crippen LogP contribution in [0.1, 0.15) is 125 Å². The van der Waals surface area contributed by atoms with Crippen LogP contribution in [0.3, 0.4) is 0 Å². The summed E-state index contributed by atoms with van der Waals surface area (Å²) >= 11 is 0. The second-order valence-corrected chi connectivity index (χ2v) is 14.4. The number of carbonyl (C=O) groups excluding carboxylic acids is 2. The van der Waals surface area contributed by atoms with E-state index in [1.807, 2.05) is 0 Å². The van der Waals surface area contributed by atoms with E-state index in [-0.39, 0.29) is 30.9 Å². The first-order valence-electron chi connectivity index (χ1n) is 16.3. The fourth-order valence-electron chi connectivity index (χ4n) is 9.60. The molecule has 6 nitrogen and oxygen atoms in total. The molecule has 0 saturated heterocycles. The van der Waals surface area contributed by atoms with Gasteiger partial charge >= 0.3 is 11.9 Å². The second-order valence-electron chi connectivity index (χ2n) is 14.4. The van der Waals surface area contributed by atoms with Crippen LogP contribution in [0.25, 0.3) is 0 Å². The lowest BCUT2D eigenvalue weighted by molar-refractivity contribution is -0.151. The normalized spacial score (nSPS) is 36.3. The van der Waals surface area contributed by atoms with E-state index >= 15 is 0 Å². The van der Waals surface area contributed by atoms with Crippen LogP contribution in [0, 0.1) is 46.3 Å². The molecule has 0 aromatic carbocycles. The van der Waals surface area contributed by atoms with Crippen LogP contribution in [-0.4, -0.2) is 35.6 Å². The fourth-order valence-corrected chi connectivity index (χ4v) is 9.60. The summed E-state index contributed by atoms with van der Waals surface area (Å²) in [4.78, 5) is 34.8. The number of nitrogens with one attached hydrogen (secondary N) is 1. The van der Waals surface area contributed by atoms with Gasteiger partial charge in [-0.1, -0.05) is 72.0 Å². The van der Waals surface area contributed by atoms with Crippen molar-refractivity contribution >= 4 is 17.8 Å². The molecule has 0 aromatic rings. The van der Waals surface area contributed by atoms with Gasteiger partial charge in [-0.15, -0.1) is 0 Å². The highest BCUT2D eigenvalue weighted by atomic mass is 16.5. The Bertz CT molecular complexity index is 960. The number of carbonyl (C=O) groups is 3. The number of esters is 1. The maximum Gasteiger partial charge on any atom is 0.325 e. The summed E-state index contributed by atoms with van der Waals surface area (Å²) in [7, 11) is 0. The van der Waals surface area contributed by atoms with E-state index in [2.05, 4.69) is 46.0 Å². The van der Waals surface area contributed by atoms with Crippen molar-refractivity contribution in [3.8, 4) is 0 Å². The van der Waals surface area contributed by atoms with Crippen molar-refractivity contribution in [2.24, 2.45) is 46.3 Å². The van der Waals surface area contributed by atoms with Crippen LogP contribution >= 0.6 is 0 Å². The van der Waals surface area contributed by atoms with E-state index in [0.717, 1.165) is 54.8 Å². The van der Waals surface area contributed by atoms with Crippen molar-refractivity contribution in [3.63, 3.8) is 0 Å². The average molecular weight is 558 g/mol. The molecule has 40 heavy (non-hydrogen) atoms. The Balaban J connectivity index is 1.32. The first-order valence-corrected chi connectivity index (χ1v) is 16.3. The minimum absolute atomic E-state index is 0.127. The molecule has 0 spiro atoms. The topological polar surface area (TPSA) is 92.7 Å². The molecule has 226 valence electrons. The van der Waals surface area contributed by atoms with E-state index in [1.54, 1.807) is 0 Å². The molecular weight excluding hydrogens is 502 g/mol. The number of aliphatic carboxylic acids is 1. The Morgan fingerprint density at radius 3 is 2.55 bits per heavy atom. The number of amides is 1. The Morgan fingerprint density at radius 2 is 1.82 bits per heavy atom. The molecule has 3 saturated carbocycles. The van der Waals surface area contributed by atoms with Gasteiger partial charge in [0, 0.05) is 12.8 Å². The van der Waals surface area contributed by atoms with Gasteiger partial charge in [0.15, 0.2) is 0 Å². The van der Waals surface area contributed by atoms with Gasteiger partial charge in [0.2, 0.25) is 5.91 Å². The first kappa shape index (κ1) is 31.1. The van der Waals surface area contributed by atoms with Gasteiger partial charge in [0.05, 0.1) is 6.42 Å². The molecule has 4 aliphatic carbocycles. The van der Waals surface area contributed by atoms with Crippen molar-refractivity contribution in [1.29, 1.82) is 0 Å². The van der Waals surface area contributed by atoms with E-state index in [4.69, 9.17) is 9.84 Å². The number of carboxylic acids is 1. The van der Waals surface area contributed by atoms with Crippen molar-refractivity contribution in [2.45, 2.75) is 131 Å². The first-order chi connectivity index (χ1) is 19.0. The van der Waals surface area contributed by atoms with Gasteiger partial charge in [0.25, 0.3) is 0 Å². The van der Waals surface area contributed by atoms with Gasteiger partial charge in [-0.05, 0) is 91.3 Å². The van der Waals surface area contributed by atoms with Gasteiger partial charge in [-0.2, -0.15) is 0 Å². The number of ether oxygens (including phenoxy) is 1. The molecule has 4 aliphatic rings. The standard InChI is InChI=1S/C34H55NO5/c1-6-22(2)8-7-9-23(3)27-12-13-28-26-11-10-24-20-25(40-32(39)21-35-30(36)14-15-31(37)38)16-18-33(24,4)29(26)17-19-34(27,28)5/h10,22-23,25-29H,6-9,11-21H2,1-5H3,(H,35,36)(H,37,38)/t22?,23-,25+,26?,27-,28?,29?,33+,34-/m1/s1. The smallest absolute Gasteiger partial charge is 0.325 e. The van der Waals surface area contributed by atoms with Gasteiger partial charge in [-0.25, -0.2) is 0 Å². The van der Waals surface area contributed by atoms with E-state index in [9.17, 15) is 14.4 Å². The quantitative estimate of drug-likeness (QED) is 0.194. The zero-order chi connectivity index (χ0) is 29.1.